The molecule has 0 radical (unpaired) electrons. The number of pyridine rings is 1. The number of benzene rings is 1. The summed E-state index contributed by atoms with van der Waals surface area (Å²) in [5.41, 5.74) is 3.69. The number of hydrogen-bond acceptors (Lipinski definition) is 5. The molecule has 124 valence electrons. The summed E-state index contributed by atoms with van der Waals surface area (Å²) >= 11 is 0. The maximum atomic E-state index is 12.4. The molecule has 3 aromatic rings. The summed E-state index contributed by atoms with van der Waals surface area (Å²) < 4.78 is 0. The van der Waals surface area contributed by atoms with E-state index in [2.05, 4.69) is 32.4 Å². The van der Waals surface area contributed by atoms with E-state index < -0.39 is 0 Å². The number of anilines is 2. The van der Waals surface area contributed by atoms with Gasteiger partial charge in [0.15, 0.2) is 0 Å². The number of nitrogens with zero attached hydrogens (tertiary/aromatic N) is 4. The van der Waals surface area contributed by atoms with E-state index in [-0.39, 0.29) is 5.91 Å². The molecule has 0 bridgehead atoms. The fourth-order valence-corrected chi connectivity index (χ4v) is 2.93. The highest BCUT2D eigenvalue weighted by Crippen LogP contribution is 2.31. The number of nitrogens with one attached hydrogen (secondary N) is 1. The van der Waals surface area contributed by atoms with Crippen molar-refractivity contribution in [1.29, 1.82) is 0 Å². The standard InChI is InChI=1S/C19H17N5O/c25-18(22-13-14-4-3-9-20-12-14)16-7-10-21-19(23-16)24-11-8-15-5-1-2-6-17(15)24/h1-7,9-10,12H,8,11,13H2,(H,22,25). The lowest BCUT2D eigenvalue weighted by atomic mass is 10.2. The van der Waals surface area contributed by atoms with Crippen LogP contribution < -0.4 is 10.2 Å². The molecule has 0 aliphatic carbocycles. The van der Waals surface area contributed by atoms with Crippen molar-refractivity contribution < 1.29 is 4.79 Å². The van der Waals surface area contributed by atoms with Crippen LogP contribution in [0.3, 0.4) is 0 Å². The van der Waals surface area contributed by atoms with Crippen molar-refractivity contribution in [1.82, 2.24) is 20.3 Å². The molecule has 1 N–H and O–H groups in total. The zero-order valence-corrected chi connectivity index (χ0v) is 13.6. The van der Waals surface area contributed by atoms with Crippen LogP contribution >= 0.6 is 0 Å². The number of rotatable bonds is 4. The molecule has 0 unspecified atom stereocenters. The van der Waals surface area contributed by atoms with Crippen molar-refractivity contribution in [2.24, 2.45) is 0 Å². The first-order chi connectivity index (χ1) is 12.3. The quantitative estimate of drug-likeness (QED) is 0.795. The molecule has 4 rings (SSSR count). The van der Waals surface area contributed by atoms with E-state index in [1.807, 2.05) is 29.2 Å². The Morgan fingerprint density at radius 2 is 2.04 bits per heavy atom. The highest BCUT2D eigenvalue weighted by Gasteiger charge is 2.22. The number of carbonyl (C=O) groups excluding carboxylic acids is 1. The van der Waals surface area contributed by atoms with Crippen LogP contribution in [0.15, 0.2) is 61.1 Å². The monoisotopic (exact) mass is 331 g/mol. The molecule has 0 saturated heterocycles. The van der Waals surface area contributed by atoms with Crippen molar-refractivity contribution in [2.45, 2.75) is 13.0 Å². The largest absolute Gasteiger partial charge is 0.347 e. The van der Waals surface area contributed by atoms with Crippen molar-refractivity contribution in [3.63, 3.8) is 0 Å². The average Bonchev–Trinajstić information content (AvgIpc) is 3.11. The van der Waals surface area contributed by atoms with Crippen LogP contribution in [-0.2, 0) is 13.0 Å². The first-order valence-electron chi connectivity index (χ1n) is 8.17. The zero-order chi connectivity index (χ0) is 17.1. The van der Waals surface area contributed by atoms with Gasteiger partial charge in [-0.05, 0) is 35.7 Å². The molecule has 1 aliphatic rings. The van der Waals surface area contributed by atoms with Gasteiger partial charge in [-0.1, -0.05) is 24.3 Å². The molecule has 3 heterocycles. The van der Waals surface area contributed by atoms with Gasteiger partial charge in [0.25, 0.3) is 5.91 Å². The average molecular weight is 331 g/mol. The van der Waals surface area contributed by atoms with E-state index in [0.29, 0.717) is 18.2 Å². The highest BCUT2D eigenvalue weighted by atomic mass is 16.1. The van der Waals surface area contributed by atoms with Crippen LogP contribution in [0.5, 0.6) is 0 Å². The third kappa shape index (κ3) is 3.19. The second-order valence-corrected chi connectivity index (χ2v) is 5.82. The molecular weight excluding hydrogens is 314 g/mol. The lowest BCUT2D eigenvalue weighted by Gasteiger charge is -2.17. The van der Waals surface area contributed by atoms with Crippen LogP contribution in [0.25, 0.3) is 0 Å². The maximum absolute atomic E-state index is 12.4. The van der Waals surface area contributed by atoms with Crippen molar-refractivity contribution in [3.8, 4) is 0 Å². The van der Waals surface area contributed by atoms with E-state index in [4.69, 9.17) is 0 Å². The number of aromatic nitrogens is 3. The molecule has 0 spiro atoms. The summed E-state index contributed by atoms with van der Waals surface area (Å²) in [5.74, 6) is 0.332. The van der Waals surface area contributed by atoms with E-state index in [1.165, 1.54) is 5.56 Å². The SMILES string of the molecule is O=C(NCc1cccnc1)c1ccnc(N2CCc3ccccc32)n1. The lowest BCUT2D eigenvalue weighted by molar-refractivity contribution is 0.0946. The molecule has 1 amide bonds. The second kappa shape index (κ2) is 6.68. The van der Waals surface area contributed by atoms with Gasteiger partial charge in [0.2, 0.25) is 5.95 Å². The molecule has 0 fully saturated rings. The third-order valence-corrected chi connectivity index (χ3v) is 4.18. The van der Waals surface area contributed by atoms with Crippen molar-refractivity contribution in [3.05, 3.63) is 77.9 Å². The third-order valence-electron chi connectivity index (χ3n) is 4.18. The summed E-state index contributed by atoms with van der Waals surface area (Å²) in [6, 6.07) is 13.6. The molecule has 0 saturated carbocycles. The van der Waals surface area contributed by atoms with Crippen molar-refractivity contribution in [2.75, 3.05) is 11.4 Å². The fourth-order valence-electron chi connectivity index (χ4n) is 2.93. The summed E-state index contributed by atoms with van der Waals surface area (Å²) in [7, 11) is 0. The Morgan fingerprint density at radius 3 is 2.92 bits per heavy atom. The Hall–Kier alpha value is -3.28. The van der Waals surface area contributed by atoms with E-state index in [9.17, 15) is 4.79 Å². The topological polar surface area (TPSA) is 71.0 Å². The van der Waals surface area contributed by atoms with Crippen LogP contribution in [0, 0.1) is 0 Å². The molecule has 1 aromatic carbocycles. The van der Waals surface area contributed by atoms with Gasteiger partial charge in [0.05, 0.1) is 0 Å². The maximum Gasteiger partial charge on any atom is 0.270 e. The highest BCUT2D eigenvalue weighted by molar-refractivity contribution is 5.92. The van der Waals surface area contributed by atoms with Gasteiger partial charge in [-0.2, -0.15) is 0 Å². The minimum Gasteiger partial charge on any atom is -0.347 e. The minimum atomic E-state index is -0.222. The predicted molar refractivity (Wildman–Crippen MR) is 94.6 cm³/mol. The van der Waals surface area contributed by atoms with Gasteiger partial charge in [0, 0.05) is 37.4 Å². The molecule has 25 heavy (non-hydrogen) atoms. The zero-order valence-electron chi connectivity index (χ0n) is 13.6. The summed E-state index contributed by atoms with van der Waals surface area (Å²) in [6.07, 6.45) is 6.02. The molecule has 0 atom stereocenters. The van der Waals surface area contributed by atoms with Crippen LogP contribution in [0.4, 0.5) is 11.6 Å². The van der Waals surface area contributed by atoms with E-state index in [1.54, 1.807) is 24.7 Å². The molecule has 6 nitrogen and oxygen atoms in total. The number of carbonyl (C=O) groups is 1. The fraction of sp³-hybridized carbons (Fsp3) is 0.158. The Labute approximate surface area is 145 Å². The van der Waals surface area contributed by atoms with Crippen molar-refractivity contribution >= 4 is 17.5 Å². The first-order valence-corrected chi connectivity index (χ1v) is 8.17. The Balaban J connectivity index is 1.51. The number of hydrogen-bond donors (Lipinski definition) is 1. The number of para-hydroxylation sites is 1. The summed E-state index contributed by atoms with van der Waals surface area (Å²) in [5, 5.41) is 2.86. The first kappa shape index (κ1) is 15.3. The Bertz CT molecular complexity index is 897. The Kier molecular flexibility index (Phi) is 4.08. The van der Waals surface area contributed by atoms with Gasteiger partial charge in [-0.25, -0.2) is 9.97 Å². The second-order valence-electron chi connectivity index (χ2n) is 5.82. The Morgan fingerprint density at radius 1 is 1.12 bits per heavy atom. The van der Waals surface area contributed by atoms with Gasteiger partial charge in [-0.3, -0.25) is 9.78 Å². The van der Waals surface area contributed by atoms with Gasteiger partial charge in [-0.15, -0.1) is 0 Å². The van der Waals surface area contributed by atoms with Crippen LogP contribution in [0.2, 0.25) is 0 Å². The smallest absolute Gasteiger partial charge is 0.270 e. The van der Waals surface area contributed by atoms with E-state index >= 15 is 0 Å². The van der Waals surface area contributed by atoms with E-state index in [0.717, 1.165) is 24.2 Å². The van der Waals surface area contributed by atoms with Gasteiger partial charge in [0.1, 0.15) is 5.69 Å². The van der Waals surface area contributed by atoms with Gasteiger partial charge >= 0.3 is 0 Å². The van der Waals surface area contributed by atoms with Gasteiger partial charge < -0.3 is 10.2 Å². The molecule has 2 aromatic heterocycles. The lowest BCUT2D eigenvalue weighted by Crippen LogP contribution is -2.25. The molecule has 1 aliphatic heterocycles. The normalized spacial score (nSPS) is 12.7. The molecule has 6 heteroatoms. The van der Waals surface area contributed by atoms with Crippen LogP contribution in [-0.4, -0.2) is 27.4 Å². The predicted octanol–water partition coefficient (Wildman–Crippen LogP) is 2.50. The van der Waals surface area contributed by atoms with Crippen LogP contribution in [0.1, 0.15) is 21.6 Å². The summed E-state index contributed by atoms with van der Waals surface area (Å²) in [6.45, 7) is 1.23. The minimum absolute atomic E-state index is 0.222. The molecular formula is C19H17N5O. The summed E-state index contributed by atoms with van der Waals surface area (Å²) in [4.78, 5) is 27.3. The number of amides is 1. The number of fused-ring (bicyclic) bond motifs is 1.